The second kappa shape index (κ2) is 7.17. The van der Waals surface area contributed by atoms with Gasteiger partial charge in [-0.2, -0.15) is 0 Å². The van der Waals surface area contributed by atoms with Crippen molar-refractivity contribution in [2.75, 3.05) is 0 Å². The summed E-state index contributed by atoms with van der Waals surface area (Å²) < 4.78 is 1.18. The van der Waals surface area contributed by atoms with Crippen molar-refractivity contribution in [1.29, 1.82) is 0 Å². The number of H-pyrrole nitrogens is 1. The summed E-state index contributed by atoms with van der Waals surface area (Å²) in [4.78, 5) is 7.76. The van der Waals surface area contributed by atoms with Gasteiger partial charge in [0.15, 0.2) is 6.20 Å². The van der Waals surface area contributed by atoms with Crippen LogP contribution in [0.1, 0.15) is 0 Å². The molecular formula is C22H14LiN2OS+. The normalized spacial score (nSPS) is 10.8. The Bertz CT molecular complexity index is 1220. The summed E-state index contributed by atoms with van der Waals surface area (Å²) in [5, 5.41) is 14.7. The molecule has 2 heterocycles. The average Bonchev–Trinajstić information content (AvgIpc) is 3.13. The zero-order valence-electron chi connectivity index (χ0n) is 14.8. The van der Waals surface area contributed by atoms with E-state index in [0.29, 0.717) is 11.1 Å². The van der Waals surface area contributed by atoms with E-state index in [9.17, 15) is 5.11 Å². The van der Waals surface area contributed by atoms with Crippen molar-refractivity contribution < 1.29 is 29.0 Å². The molecule has 0 aliphatic rings. The van der Waals surface area contributed by atoms with E-state index in [1.54, 1.807) is 17.5 Å². The maximum absolute atomic E-state index is 12.8. The van der Waals surface area contributed by atoms with Crippen molar-refractivity contribution in [1.82, 2.24) is 4.98 Å². The molecule has 2 aromatic heterocycles. The number of rotatable bonds is 2. The quantitative estimate of drug-likeness (QED) is 0.449. The fraction of sp³-hybridized carbons (Fsp3) is 0. The Morgan fingerprint density at radius 3 is 2.41 bits per heavy atom. The van der Waals surface area contributed by atoms with Crippen molar-refractivity contribution in [2.45, 2.75) is 0 Å². The minimum absolute atomic E-state index is 0. The van der Waals surface area contributed by atoms with Crippen LogP contribution in [0.5, 0.6) is 5.75 Å². The molecular weight excluding hydrogens is 347 g/mol. The van der Waals surface area contributed by atoms with Gasteiger partial charge in [0.25, 0.3) is 0 Å². The third kappa shape index (κ3) is 3.13. The Kier molecular flexibility index (Phi) is 4.71. The molecule has 0 aliphatic heterocycles. The van der Waals surface area contributed by atoms with Crippen molar-refractivity contribution in [3.05, 3.63) is 79.0 Å². The van der Waals surface area contributed by atoms with Gasteiger partial charge in [0, 0.05) is 17.0 Å². The van der Waals surface area contributed by atoms with Gasteiger partial charge in [0.1, 0.15) is 5.01 Å². The first-order chi connectivity index (χ1) is 12.8. The standard InChI is InChI=1S/C22H14N2OS.Li/c25-21-17(12-11-15-4-3-13-23-20(15)21)14-7-9-16(10-8-14)22-24-18-5-1-2-6-19(18)26-22;/h1-13,25H;/q;+1. The molecule has 0 saturated carbocycles. The SMILES string of the molecule is [Li+].[O-]c1c(-c2ccc(-c3nc4ccccc4s3)cc2)ccc2ccc[nH+]c12. The van der Waals surface area contributed by atoms with E-state index in [1.165, 1.54) is 4.70 Å². The Hall–Kier alpha value is -2.64. The van der Waals surface area contributed by atoms with Crippen LogP contribution in [0.15, 0.2) is 79.0 Å². The van der Waals surface area contributed by atoms with Crippen LogP contribution in [0, 0.1) is 0 Å². The summed E-state index contributed by atoms with van der Waals surface area (Å²) in [6.45, 7) is 0. The summed E-state index contributed by atoms with van der Waals surface area (Å²) in [5.41, 5.74) is 4.34. The number of fused-ring (bicyclic) bond motifs is 2. The van der Waals surface area contributed by atoms with Crippen LogP contribution in [0.4, 0.5) is 0 Å². The Morgan fingerprint density at radius 2 is 1.59 bits per heavy atom. The van der Waals surface area contributed by atoms with Crippen molar-refractivity contribution in [3.63, 3.8) is 0 Å². The van der Waals surface area contributed by atoms with E-state index in [1.807, 2.05) is 66.7 Å². The van der Waals surface area contributed by atoms with E-state index in [0.717, 1.165) is 27.0 Å². The molecule has 0 atom stereocenters. The molecule has 3 nitrogen and oxygen atoms in total. The number of para-hydroxylation sites is 1. The summed E-state index contributed by atoms with van der Waals surface area (Å²) in [6, 6.07) is 23.9. The molecule has 0 unspecified atom stereocenters. The molecule has 0 aliphatic carbocycles. The monoisotopic (exact) mass is 361 g/mol. The molecule has 0 fully saturated rings. The van der Waals surface area contributed by atoms with Crippen LogP contribution < -0.4 is 29.0 Å². The molecule has 5 rings (SSSR count). The average molecular weight is 361 g/mol. The number of benzene rings is 3. The molecule has 0 radical (unpaired) electrons. The molecule has 27 heavy (non-hydrogen) atoms. The van der Waals surface area contributed by atoms with Crippen molar-refractivity contribution in [2.24, 2.45) is 0 Å². The van der Waals surface area contributed by atoms with E-state index in [2.05, 4.69) is 11.1 Å². The van der Waals surface area contributed by atoms with Crippen LogP contribution in [-0.2, 0) is 0 Å². The molecule has 5 aromatic rings. The van der Waals surface area contributed by atoms with Gasteiger partial charge in [-0.05, 0) is 41.1 Å². The molecule has 0 spiro atoms. The van der Waals surface area contributed by atoms with Gasteiger partial charge in [-0.25, -0.2) is 9.97 Å². The number of hydrogen-bond acceptors (Lipinski definition) is 3. The maximum Gasteiger partial charge on any atom is 1.00 e. The molecule has 124 valence electrons. The fourth-order valence-corrected chi connectivity index (χ4v) is 4.16. The van der Waals surface area contributed by atoms with Gasteiger partial charge >= 0.3 is 18.9 Å². The van der Waals surface area contributed by atoms with Gasteiger partial charge in [-0.15, -0.1) is 11.3 Å². The first-order valence-corrected chi connectivity index (χ1v) is 9.18. The van der Waals surface area contributed by atoms with Crippen LogP contribution in [0.2, 0.25) is 0 Å². The Labute approximate surface area is 172 Å². The Morgan fingerprint density at radius 1 is 0.815 bits per heavy atom. The van der Waals surface area contributed by atoms with Crippen molar-refractivity contribution in [3.8, 4) is 27.4 Å². The van der Waals surface area contributed by atoms with Crippen LogP contribution in [-0.4, -0.2) is 4.98 Å². The Balaban J connectivity index is 0.00000180. The van der Waals surface area contributed by atoms with Crippen LogP contribution in [0.25, 0.3) is 42.8 Å². The van der Waals surface area contributed by atoms with E-state index in [4.69, 9.17) is 4.98 Å². The third-order valence-corrected chi connectivity index (χ3v) is 5.61. The predicted molar refractivity (Wildman–Crippen MR) is 104 cm³/mol. The molecule has 0 saturated heterocycles. The van der Waals surface area contributed by atoms with Gasteiger partial charge in [-0.3, -0.25) is 0 Å². The van der Waals surface area contributed by atoms with Gasteiger partial charge in [0.05, 0.1) is 10.2 Å². The summed E-state index contributed by atoms with van der Waals surface area (Å²) >= 11 is 1.68. The zero-order valence-corrected chi connectivity index (χ0v) is 15.6. The summed E-state index contributed by atoms with van der Waals surface area (Å²) in [5.74, 6) is 0.0239. The number of pyridine rings is 1. The number of aromatic nitrogens is 2. The first-order valence-electron chi connectivity index (χ1n) is 8.36. The predicted octanol–water partition coefficient (Wildman–Crippen LogP) is 1.68. The number of aromatic amines is 1. The molecule has 3 aromatic carbocycles. The van der Waals surface area contributed by atoms with Gasteiger partial charge in [0.2, 0.25) is 5.52 Å². The largest absolute Gasteiger partial charge is 1.00 e. The summed E-state index contributed by atoms with van der Waals surface area (Å²) in [7, 11) is 0. The van der Waals surface area contributed by atoms with Crippen LogP contribution in [0.3, 0.4) is 0 Å². The number of thiazole rings is 1. The van der Waals surface area contributed by atoms with Gasteiger partial charge < -0.3 is 5.11 Å². The number of hydrogen-bond donors (Lipinski definition) is 0. The van der Waals surface area contributed by atoms with Crippen molar-refractivity contribution >= 4 is 32.5 Å². The third-order valence-electron chi connectivity index (χ3n) is 4.53. The van der Waals surface area contributed by atoms with E-state index in [-0.39, 0.29) is 24.6 Å². The topological polar surface area (TPSA) is 50.1 Å². The second-order valence-electron chi connectivity index (χ2n) is 6.14. The minimum atomic E-state index is 0. The molecule has 0 amide bonds. The zero-order chi connectivity index (χ0) is 17.5. The molecule has 5 heteroatoms. The second-order valence-corrected chi connectivity index (χ2v) is 7.17. The van der Waals surface area contributed by atoms with E-state index < -0.39 is 0 Å². The molecule has 0 bridgehead atoms. The smallest absolute Gasteiger partial charge is 0.868 e. The van der Waals surface area contributed by atoms with Crippen LogP contribution >= 0.6 is 11.3 Å². The van der Waals surface area contributed by atoms with Gasteiger partial charge in [-0.1, -0.05) is 42.5 Å². The molecule has 1 N–H and O–H groups in total. The number of nitrogens with one attached hydrogen (secondary N) is 1. The first kappa shape index (κ1) is 17.8. The maximum atomic E-state index is 12.8. The fourth-order valence-electron chi connectivity index (χ4n) is 3.18. The summed E-state index contributed by atoms with van der Waals surface area (Å²) in [6.07, 6.45) is 1.78. The van der Waals surface area contributed by atoms with E-state index >= 15 is 0 Å². The number of nitrogens with zero attached hydrogens (tertiary/aromatic N) is 1. The minimum Gasteiger partial charge on any atom is -0.868 e.